The van der Waals surface area contributed by atoms with Crippen LogP contribution < -0.4 is 16.1 Å². The molecule has 1 saturated heterocycles. The van der Waals surface area contributed by atoms with E-state index in [0.29, 0.717) is 18.9 Å². The van der Waals surface area contributed by atoms with Gasteiger partial charge in [0.1, 0.15) is 5.82 Å². The number of alkyl halides is 1. The van der Waals surface area contributed by atoms with Crippen molar-refractivity contribution in [3.05, 3.63) is 26.9 Å². The Balaban J connectivity index is 2.19. The van der Waals surface area contributed by atoms with Crippen molar-refractivity contribution in [2.45, 2.75) is 12.8 Å². The van der Waals surface area contributed by atoms with Crippen LogP contribution in [-0.4, -0.2) is 29.3 Å². The van der Waals surface area contributed by atoms with Gasteiger partial charge in [-0.05, 0) is 18.8 Å². The summed E-state index contributed by atoms with van der Waals surface area (Å²) in [5.74, 6) is 0.653. The van der Waals surface area contributed by atoms with Gasteiger partial charge < -0.3 is 4.90 Å². The molecule has 5 nitrogen and oxygen atoms in total. The van der Waals surface area contributed by atoms with Crippen LogP contribution in [0.1, 0.15) is 12.8 Å². The largest absolute Gasteiger partial charge is 0.358 e. The highest BCUT2D eigenvalue weighted by molar-refractivity contribution is 5.37. The maximum absolute atomic E-state index is 12.5. The molecule has 0 radical (unpaired) electrons. The summed E-state index contributed by atoms with van der Waals surface area (Å²) in [5.41, 5.74) is -0.739. The minimum atomic E-state index is -0.417. The molecule has 1 fully saturated rings. The van der Waals surface area contributed by atoms with Crippen LogP contribution >= 0.6 is 0 Å². The van der Waals surface area contributed by atoms with Crippen LogP contribution in [0, 0.1) is 5.92 Å². The Labute approximate surface area is 97.9 Å². The van der Waals surface area contributed by atoms with E-state index in [1.807, 2.05) is 4.90 Å². The third kappa shape index (κ3) is 2.40. The second-order valence-electron chi connectivity index (χ2n) is 4.44. The maximum atomic E-state index is 12.5. The van der Waals surface area contributed by atoms with Crippen molar-refractivity contribution in [2.75, 3.05) is 24.7 Å². The summed E-state index contributed by atoms with van der Waals surface area (Å²) in [7, 11) is 1.43. The van der Waals surface area contributed by atoms with Gasteiger partial charge in [0.2, 0.25) is 0 Å². The van der Waals surface area contributed by atoms with Crippen molar-refractivity contribution in [1.29, 1.82) is 0 Å². The fourth-order valence-corrected chi connectivity index (χ4v) is 2.04. The van der Waals surface area contributed by atoms with Gasteiger partial charge in [0.25, 0.3) is 5.56 Å². The maximum Gasteiger partial charge on any atom is 0.329 e. The van der Waals surface area contributed by atoms with Gasteiger partial charge in [0, 0.05) is 26.2 Å². The number of nitrogens with zero attached hydrogens (tertiary/aromatic N) is 2. The molecule has 17 heavy (non-hydrogen) atoms. The molecule has 1 N–H and O–H groups in total. The molecule has 1 aliphatic rings. The molecule has 6 heteroatoms. The van der Waals surface area contributed by atoms with Crippen LogP contribution in [0.4, 0.5) is 10.2 Å². The van der Waals surface area contributed by atoms with Gasteiger partial charge in [-0.1, -0.05) is 0 Å². The third-order valence-corrected chi connectivity index (χ3v) is 3.30. The summed E-state index contributed by atoms with van der Waals surface area (Å²) in [6, 6.07) is 1.41. The first-order valence-corrected chi connectivity index (χ1v) is 5.73. The van der Waals surface area contributed by atoms with Crippen molar-refractivity contribution < 1.29 is 4.39 Å². The van der Waals surface area contributed by atoms with Gasteiger partial charge >= 0.3 is 5.69 Å². The molecule has 94 valence electrons. The van der Waals surface area contributed by atoms with E-state index in [1.165, 1.54) is 13.1 Å². The van der Waals surface area contributed by atoms with E-state index >= 15 is 0 Å². The summed E-state index contributed by atoms with van der Waals surface area (Å²) in [6.45, 7) is 1.07. The monoisotopic (exact) mass is 241 g/mol. The number of rotatable bonds is 2. The molecular weight excluding hydrogens is 225 g/mol. The van der Waals surface area contributed by atoms with Crippen LogP contribution in [-0.2, 0) is 7.05 Å². The number of H-pyrrole nitrogens is 1. The highest BCUT2D eigenvalue weighted by atomic mass is 19.1. The first kappa shape index (κ1) is 11.9. The lowest BCUT2D eigenvalue weighted by atomic mass is 9.98. The van der Waals surface area contributed by atoms with Crippen LogP contribution in [0.5, 0.6) is 0 Å². The second kappa shape index (κ2) is 4.73. The normalized spacial score (nSPS) is 17.4. The molecule has 0 bridgehead atoms. The Morgan fingerprint density at radius 3 is 2.59 bits per heavy atom. The van der Waals surface area contributed by atoms with Crippen molar-refractivity contribution in [2.24, 2.45) is 13.0 Å². The average molecular weight is 241 g/mol. The number of hydrogen-bond acceptors (Lipinski definition) is 3. The second-order valence-corrected chi connectivity index (χ2v) is 4.44. The highest BCUT2D eigenvalue weighted by Gasteiger charge is 2.20. The minimum Gasteiger partial charge on any atom is -0.358 e. The molecule has 2 heterocycles. The topological polar surface area (TPSA) is 58.1 Å². The van der Waals surface area contributed by atoms with E-state index < -0.39 is 5.69 Å². The molecule has 0 amide bonds. The van der Waals surface area contributed by atoms with E-state index in [0.717, 1.165) is 17.4 Å². The Bertz CT molecular complexity index is 469. The number of nitrogens with one attached hydrogen (secondary N) is 1. The predicted octanol–water partition coefficient (Wildman–Crippen LogP) is 0.260. The molecule has 0 unspecified atom stereocenters. The zero-order chi connectivity index (χ0) is 12.4. The van der Waals surface area contributed by atoms with Gasteiger partial charge in [-0.2, -0.15) is 0 Å². The molecule has 0 aromatic carbocycles. The minimum absolute atomic E-state index is 0.115. The molecule has 1 aromatic rings. The van der Waals surface area contributed by atoms with Crippen LogP contribution in [0.3, 0.4) is 0 Å². The number of aromatic nitrogens is 2. The lowest BCUT2D eigenvalue weighted by Gasteiger charge is -2.31. The molecule has 0 atom stereocenters. The van der Waals surface area contributed by atoms with Crippen LogP contribution in [0.2, 0.25) is 0 Å². The number of aromatic amines is 1. The molecule has 2 rings (SSSR count). The Morgan fingerprint density at radius 2 is 2.06 bits per heavy atom. The number of halogens is 1. The van der Waals surface area contributed by atoms with E-state index in [1.54, 1.807) is 0 Å². The van der Waals surface area contributed by atoms with Gasteiger partial charge in [0.05, 0.1) is 6.67 Å². The average Bonchev–Trinajstić information content (AvgIpc) is 2.35. The lowest BCUT2D eigenvalue weighted by Crippen LogP contribution is -2.39. The van der Waals surface area contributed by atoms with Crippen LogP contribution in [0.25, 0.3) is 0 Å². The number of hydrogen-bond donors (Lipinski definition) is 1. The first-order valence-electron chi connectivity index (χ1n) is 5.73. The fourth-order valence-electron chi connectivity index (χ4n) is 2.04. The van der Waals surface area contributed by atoms with Crippen molar-refractivity contribution in [1.82, 2.24) is 9.55 Å². The molecule has 0 aliphatic carbocycles. The van der Waals surface area contributed by atoms with E-state index in [9.17, 15) is 14.0 Å². The first-order chi connectivity index (χ1) is 8.11. The molecule has 1 aromatic heterocycles. The van der Waals surface area contributed by atoms with Crippen molar-refractivity contribution in [3.63, 3.8) is 0 Å². The number of piperidine rings is 1. The zero-order valence-corrected chi connectivity index (χ0v) is 9.78. The van der Waals surface area contributed by atoms with Gasteiger partial charge in [0.15, 0.2) is 0 Å². The summed E-state index contributed by atoms with van der Waals surface area (Å²) in [5, 5.41) is 0. The Kier molecular flexibility index (Phi) is 3.31. The Morgan fingerprint density at radius 1 is 1.41 bits per heavy atom. The van der Waals surface area contributed by atoms with Crippen molar-refractivity contribution in [3.8, 4) is 0 Å². The third-order valence-electron chi connectivity index (χ3n) is 3.30. The zero-order valence-electron chi connectivity index (χ0n) is 9.78. The van der Waals surface area contributed by atoms with E-state index in [4.69, 9.17) is 0 Å². The SMILES string of the molecule is Cn1c(=O)cc(N2CCC(CF)CC2)[nH]c1=O. The lowest BCUT2D eigenvalue weighted by molar-refractivity contribution is 0.307. The fraction of sp³-hybridized carbons (Fsp3) is 0.636. The molecular formula is C11H16FN3O2. The molecule has 0 saturated carbocycles. The van der Waals surface area contributed by atoms with Gasteiger partial charge in [-0.3, -0.25) is 18.7 Å². The summed E-state index contributed by atoms with van der Waals surface area (Å²) < 4.78 is 13.5. The van der Waals surface area contributed by atoms with Gasteiger partial charge in [-0.25, -0.2) is 4.79 Å². The molecule has 0 spiro atoms. The Hall–Kier alpha value is -1.59. The summed E-state index contributed by atoms with van der Waals surface area (Å²) in [6.07, 6.45) is 1.52. The van der Waals surface area contributed by atoms with Crippen LogP contribution in [0.15, 0.2) is 15.7 Å². The van der Waals surface area contributed by atoms with Gasteiger partial charge in [-0.15, -0.1) is 0 Å². The smallest absolute Gasteiger partial charge is 0.329 e. The quantitative estimate of drug-likeness (QED) is 0.808. The van der Waals surface area contributed by atoms with Crippen molar-refractivity contribution >= 4 is 5.82 Å². The highest BCUT2D eigenvalue weighted by Crippen LogP contribution is 2.20. The predicted molar refractivity (Wildman–Crippen MR) is 63.2 cm³/mol. The van der Waals surface area contributed by atoms with E-state index in [-0.39, 0.29) is 18.2 Å². The summed E-state index contributed by atoms with van der Waals surface area (Å²) in [4.78, 5) is 27.5. The number of anilines is 1. The van der Waals surface area contributed by atoms with E-state index in [2.05, 4.69) is 4.98 Å². The summed E-state index contributed by atoms with van der Waals surface area (Å²) >= 11 is 0. The standard InChI is InChI=1S/C11H16FN3O2/c1-14-10(16)6-9(13-11(14)17)15-4-2-8(7-12)3-5-15/h6,8H,2-5,7H2,1H3,(H,13,17). The molecule has 1 aliphatic heterocycles.